The summed E-state index contributed by atoms with van der Waals surface area (Å²) in [5.74, 6) is -0.380. The van der Waals surface area contributed by atoms with Crippen molar-refractivity contribution in [3.8, 4) is 10.4 Å². The quantitative estimate of drug-likeness (QED) is 0.376. The third kappa shape index (κ3) is 6.52. The van der Waals surface area contributed by atoms with Gasteiger partial charge in [-0.25, -0.2) is 13.1 Å². The maximum absolute atomic E-state index is 12.2. The second kappa shape index (κ2) is 10.2. The zero-order valence-electron chi connectivity index (χ0n) is 16.2. The SMILES string of the molecule is C=CCNS(=O)(=O)Cc1ccc(NC(=O)/C=C/c2ccc(-c3ccccc3)s2)cc1. The fourth-order valence-electron chi connectivity index (χ4n) is 2.68. The minimum absolute atomic E-state index is 0.128. The summed E-state index contributed by atoms with van der Waals surface area (Å²) in [5, 5.41) is 2.78. The summed E-state index contributed by atoms with van der Waals surface area (Å²) in [5.41, 5.74) is 2.38. The molecule has 1 aromatic heterocycles. The zero-order chi connectivity index (χ0) is 21.4. The van der Waals surface area contributed by atoms with Crippen molar-refractivity contribution in [2.75, 3.05) is 11.9 Å². The zero-order valence-corrected chi connectivity index (χ0v) is 17.9. The van der Waals surface area contributed by atoms with Crippen LogP contribution in [0, 0.1) is 0 Å². The predicted molar refractivity (Wildman–Crippen MR) is 125 cm³/mol. The Bertz CT molecular complexity index is 1130. The van der Waals surface area contributed by atoms with Gasteiger partial charge in [-0.1, -0.05) is 48.5 Å². The monoisotopic (exact) mass is 438 g/mol. The molecule has 0 aliphatic heterocycles. The average molecular weight is 439 g/mol. The van der Waals surface area contributed by atoms with Crippen LogP contribution < -0.4 is 10.0 Å². The van der Waals surface area contributed by atoms with Gasteiger partial charge >= 0.3 is 0 Å². The molecular weight excluding hydrogens is 416 g/mol. The van der Waals surface area contributed by atoms with Crippen molar-refractivity contribution in [3.05, 3.63) is 95.9 Å². The summed E-state index contributed by atoms with van der Waals surface area (Å²) < 4.78 is 26.2. The van der Waals surface area contributed by atoms with Crippen molar-refractivity contribution in [1.29, 1.82) is 0 Å². The molecule has 0 spiro atoms. The highest BCUT2D eigenvalue weighted by molar-refractivity contribution is 7.88. The van der Waals surface area contributed by atoms with Crippen LogP contribution in [0.1, 0.15) is 10.4 Å². The molecule has 1 heterocycles. The third-order valence-electron chi connectivity index (χ3n) is 4.11. The Morgan fingerprint density at radius 3 is 2.43 bits per heavy atom. The Hall–Kier alpha value is -3.00. The molecule has 0 unspecified atom stereocenters. The normalized spacial score (nSPS) is 11.5. The molecule has 0 radical (unpaired) electrons. The summed E-state index contributed by atoms with van der Waals surface area (Å²) >= 11 is 1.61. The topological polar surface area (TPSA) is 75.3 Å². The van der Waals surface area contributed by atoms with Gasteiger partial charge in [0.15, 0.2) is 0 Å². The van der Waals surface area contributed by atoms with Gasteiger partial charge in [0.1, 0.15) is 0 Å². The Labute approximate surface area is 180 Å². The van der Waals surface area contributed by atoms with Crippen LogP contribution in [0.25, 0.3) is 16.5 Å². The van der Waals surface area contributed by atoms with Gasteiger partial charge in [-0.05, 0) is 41.5 Å². The van der Waals surface area contributed by atoms with E-state index in [-0.39, 0.29) is 18.2 Å². The molecule has 0 saturated heterocycles. The summed E-state index contributed by atoms with van der Waals surface area (Å²) in [6.45, 7) is 3.68. The largest absolute Gasteiger partial charge is 0.323 e. The van der Waals surface area contributed by atoms with E-state index in [0.717, 1.165) is 15.3 Å². The van der Waals surface area contributed by atoms with Crippen molar-refractivity contribution in [3.63, 3.8) is 0 Å². The number of rotatable bonds is 9. The lowest BCUT2D eigenvalue weighted by molar-refractivity contribution is -0.111. The smallest absolute Gasteiger partial charge is 0.248 e. The predicted octanol–water partition coefficient (Wildman–Crippen LogP) is 4.67. The van der Waals surface area contributed by atoms with Crippen molar-refractivity contribution >= 4 is 39.0 Å². The molecule has 0 atom stereocenters. The van der Waals surface area contributed by atoms with Gasteiger partial charge in [-0.2, -0.15) is 0 Å². The molecular formula is C23H22N2O3S2. The number of sulfonamides is 1. The summed E-state index contributed by atoms with van der Waals surface area (Å²) in [6.07, 6.45) is 4.75. The summed E-state index contributed by atoms with van der Waals surface area (Å²) in [7, 11) is -3.41. The first-order valence-corrected chi connectivity index (χ1v) is 11.7. The van der Waals surface area contributed by atoms with Crippen LogP contribution in [0.4, 0.5) is 5.69 Å². The van der Waals surface area contributed by atoms with Gasteiger partial charge in [0.05, 0.1) is 5.75 Å². The molecule has 0 aliphatic carbocycles. The Morgan fingerprint density at radius 2 is 1.73 bits per heavy atom. The summed E-state index contributed by atoms with van der Waals surface area (Å²) in [4.78, 5) is 14.3. The molecule has 3 aromatic rings. The van der Waals surface area contributed by atoms with Gasteiger partial charge < -0.3 is 5.32 Å². The fourth-order valence-corrected chi connectivity index (χ4v) is 4.70. The molecule has 2 N–H and O–H groups in total. The van der Waals surface area contributed by atoms with E-state index in [9.17, 15) is 13.2 Å². The van der Waals surface area contributed by atoms with Gasteiger partial charge in [-0.3, -0.25) is 4.79 Å². The maximum Gasteiger partial charge on any atom is 0.248 e. The fraction of sp³-hybridized carbons (Fsp3) is 0.0870. The lowest BCUT2D eigenvalue weighted by Gasteiger charge is -2.06. The van der Waals surface area contributed by atoms with Gasteiger partial charge in [0.2, 0.25) is 15.9 Å². The van der Waals surface area contributed by atoms with E-state index < -0.39 is 10.0 Å². The van der Waals surface area contributed by atoms with Crippen molar-refractivity contribution in [1.82, 2.24) is 4.72 Å². The number of carbonyl (C=O) groups excluding carboxylic acids is 1. The number of nitrogens with one attached hydrogen (secondary N) is 2. The van der Waals surface area contributed by atoms with Crippen LogP contribution in [-0.4, -0.2) is 20.9 Å². The molecule has 154 valence electrons. The lowest BCUT2D eigenvalue weighted by atomic mass is 10.2. The molecule has 30 heavy (non-hydrogen) atoms. The van der Waals surface area contributed by atoms with Gasteiger partial charge in [-0.15, -0.1) is 17.9 Å². The first kappa shape index (κ1) is 21.7. The molecule has 0 bridgehead atoms. The Balaban J connectivity index is 1.56. The van der Waals surface area contributed by atoms with E-state index in [1.54, 1.807) is 41.7 Å². The number of anilines is 1. The molecule has 2 aromatic carbocycles. The van der Waals surface area contributed by atoms with E-state index in [4.69, 9.17) is 0 Å². The third-order valence-corrected chi connectivity index (χ3v) is 6.53. The highest BCUT2D eigenvalue weighted by atomic mass is 32.2. The number of carbonyl (C=O) groups is 1. The molecule has 5 nitrogen and oxygen atoms in total. The maximum atomic E-state index is 12.2. The standard InChI is InChI=1S/C23H22N2O3S2/c1-2-16-24-30(27,28)17-18-8-10-20(11-9-18)25-23(26)15-13-21-12-14-22(29-21)19-6-4-3-5-7-19/h2-15,24H,1,16-17H2,(H,25,26)/b15-13+. The van der Waals surface area contributed by atoms with Crippen LogP contribution in [-0.2, 0) is 20.6 Å². The number of hydrogen-bond acceptors (Lipinski definition) is 4. The number of amides is 1. The van der Waals surface area contributed by atoms with Crippen LogP contribution in [0.5, 0.6) is 0 Å². The van der Waals surface area contributed by atoms with Crippen LogP contribution in [0.3, 0.4) is 0 Å². The Morgan fingerprint density at radius 1 is 1.00 bits per heavy atom. The molecule has 7 heteroatoms. The lowest BCUT2D eigenvalue weighted by Crippen LogP contribution is -2.25. The minimum Gasteiger partial charge on any atom is -0.323 e. The molecule has 1 amide bonds. The van der Waals surface area contributed by atoms with Gasteiger partial charge in [0, 0.05) is 28.1 Å². The second-order valence-electron chi connectivity index (χ2n) is 6.48. The van der Waals surface area contributed by atoms with Crippen molar-refractivity contribution in [2.24, 2.45) is 0 Å². The van der Waals surface area contributed by atoms with E-state index >= 15 is 0 Å². The average Bonchev–Trinajstić information content (AvgIpc) is 3.22. The number of benzene rings is 2. The molecule has 3 rings (SSSR count). The highest BCUT2D eigenvalue weighted by Crippen LogP contribution is 2.28. The number of thiophene rings is 1. The van der Waals surface area contributed by atoms with E-state index in [1.165, 1.54) is 12.2 Å². The second-order valence-corrected chi connectivity index (χ2v) is 9.41. The van der Waals surface area contributed by atoms with Crippen LogP contribution in [0.15, 0.2) is 85.5 Å². The van der Waals surface area contributed by atoms with Crippen molar-refractivity contribution in [2.45, 2.75) is 5.75 Å². The first-order valence-electron chi connectivity index (χ1n) is 9.27. The first-order chi connectivity index (χ1) is 14.4. The Kier molecular flexibility index (Phi) is 7.35. The van der Waals surface area contributed by atoms with Crippen LogP contribution >= 0.6 is 11.3 Å². The minimum atomic E-state index is -3.41. The van der Waals surface area contributed by atoms with E-state index in [2.05, 4.69) is 28.8 Å². The molecule has 0 fully saturated rings. The highest BCUT2D eigenvalue weighted by Gasteiger charge is 2.10. The van der Waals surface area contributed by atoms with E-state index in [1.807, 2.05) is 30.3 Å². The van der Waals surface area contributed by atoms with Crippen LogP contribution in [0.2, 0.25) is 0 Å². The molecule has 0 saturated carbocycles. The number of hydrogen-bond donors (Lipinski definition) is 2. The van der Waals surface area contributed by atoms with E-state index in [0.29, 0.717) is 11.3 Å². The summed E-state index contributed by atoms with van der Waals surface area (Å²) in [6, 6.07) is 20.8. The van der Waals surface area contributed by atoms with Crippen molar-refractivity contribution < 1.29 is 13.2 Å². The van der Waals surface area contributed by atoms with Gasteiger partial charge in [0.25, 0.3) is 0 Å². The molecule has 0 aliphatic rings.